The SMILES string of the molecule is CC(CNC(=O)c1csc(-c2ccccc2Cl)n1)N(C)C1CC1. The number of nitrogens with one attached hydrogen (secondary N) is 1. The summed E-state index contributed by atoms with van der Waals surface area (Å²) in [4.78, 5) is 19.0. The molecule has 4 nitrogen and oxygen atoms in total. The van der Waals surface area contributed by atoms with Crippen molar-refractivity contribution in [3.8, 4) is 10.6 Å². The first-order valence-electron chi connectivity index (χ1n) is 7.77. The Morgan fingerprint density at radius 3 is 2.91 bits per heavy atom. The fourth-order valence-corrected chi connectivity index (χ4v) is 3.57. The van der Waals surface area contributed by atoms with Crippen LogP contribution in [-0.4, -0.2) is 41.5 Å². The minimum atomic E-state index is -0.129. The average Bonchev–Trinajstić information content (AvgIpc) is 3.29. The number of carbonyl (C=O) groups is 1. The second kappa shape index (κ2) is 6.99. The maximum atomic E-state index is 12.3. The Morgan fingerprint density at radius 2 is 2.22 bits per heavy atom. The van der Waals surface area contributed by atoms with E-state index in [9.17, 15) is 4.79 Å². The van der Waals surface area contributed by atoms with Gasteiger partial charge in [0.1, 0.15) is 10.7 Å². The predicted molar refractivity (Wildman–Crippen MR) is 95.1 cm³/mol. The van der Waals surface area contributed by atoms with Crippen molar-refractivity contribution in [1.29, 1.82) is 0 Å². The Kier molecular flexibility index (Phi) is 4.99. The van der Waals surface area contributed by atoms with Gasteiger partial charge in [0.15, 0.2) is 0 Å². The molecular weight excluding hydrogens is 330 g/mol. The zero-order valence-corrected chi connectivity index (χ0v) is 14.8. The Bertz CT molecular complexity index is 699. The maximum absolute atomic E-state index is 12.3. The minimum Gasteiger partial charge on any atom is -0.349 e. The van der Waals surface area contributed by atoms with E-state index in [2.05, 4.69) is 29.2 Å². The average molecular weight is 350 g/mol. The molecule has 1 atom stereocenters. The number of amides is 1. The van der Waals surface area contributed by atoms with Crippen molar-refractivity contribution in [3.05, 3.63) is 40.4 Å². The first-order valence-corrected chi connectivity index (χ1v) is 9.02. The van der Waals surface area contributed by atoms with Crippen molar-refractivity contribution in [2.75, 3.05) is 13.6 Å². The number of hydrogen-bond donors (Lipinski definition) is 1. The first kappa shape index (κ1) is 16.4. The van der Waals surface area contributed by atoms with Gasteiger partial charge in [-0.25, -0.2) is 4.98 Å². The summed E-state index contributed by atoms with van der Waals surface area (Å²) in [6.07, 6.45) is 2.53. The fourth-order valence-electron chi connectivity index (χ4n) is 2.45. The van der Waals surface area contributed by atoms with Crippen LogP contribution in [0.3, 0.4) is 0 Å². The molecule has 6 heteroatoms. The Labute approximate surface area is 145 Å². The molecule has 1 aliphatic carbocycles. The van der Waals surface area contributed by atoms with Crippen LogP contribution < -0.4 is 5.32 Å². The van der Waals surface area contributed by atoms with Crippen molar-refractivity contribution in [2.24, 2.45) is 0 Å². The second-order valence-electron chi connectivity index (χ2n) is 5.97. The zero-order chi connectivity index (χ0) is 16.4. The smallest absolute Gasteiger partial charge is 0.270 e. The highest BCUT2D eigenvalue weighted by atomic mass is 35.5. The highest BCUT2D eigenvalue weighted by Gasteiger charge is 2.29. The van der Waals surface area contributed by atoms with Gasteiger partial charge in [-0.3, -0.25) is 9.69 Å². The predicted octanol–water partition coefficient (Wildman–Crippen LogP) is 3.68. The van der Waals surface area contributed by atoms with Crippen LogP contribution in [0.4, 0.5) is 0 Å². The summed E-state index contributed by atoms with van der Waals surface area (Å²) in [5.41, 5.74) is 1.31. The van der Waals surface area contributed by atoms with E-state index in [1.165, 1.54) is 24.2 Å². The summed E-state index contributed by atoms with van der Waals surface area (Å²) in [7, 11) is 2.12. The molecule has 0 bridgehead atoms. The molecular formula is C17H20ClN3OS. The summed E-state index contributed by atoms with van der Waals surface area (Å²) in [6, 6.07) is 8.55. The minimum absolute atomic E-state index is 0.129. The van der Waals surface area contributed by atoms with Gasteiger partial charge < -0.3 is 5.32 Å². The standard InChI is InChI=1S/C17H20ClN3OS/c1-11(21(2)12-7-8-12)9-19-16(22)15-10-23-17(20-15)13-5-3-4-6-14(13)18/h3-6,10-12H,7-9H2,1-2H3,(H,19,22). The fraction of sp³-hybridized carbons (Fsp3) is 0.412. The van der Waals surface area contributed by atoms with Crippen molar-refractivity contribution in [1.82, 2.24) is 15.2 Å². The van der Waals surface area contributed by atoms with E-state index in [0.29, 0.717) is 29.3 Å². The third kappa shape index (κ3) is 3.91. The van der Waals surface area contributed by atoms with E-state index in [1.807, 2.05) is 24.3 Å². The Morgan fingerprint density at radius 1 is 1.48 bits per heavy atom. The number of nitrogens with zero attached hydrogens (tertiary/aromatic N) is 2. The van der Waals surface area contributed by atoms with Gasteiger partial charge in [0.05, 0.1) is 5.02 Å². The van der Waals surface area contributed by atoms with Crippen LogP contribution in [0.15, 0.2) is 29.6 Å². The molecule has 0 aliphatic heterocycles. The summed E-state index contributed by atoms with van der Waals surface area (Å²) in [5.74, 6) is -0.129. The number of carbonyl (C=O) groups excluding carboxylic acids is 1. The number of likely N-dealkylation sites (N-methyl/N-ethyl adjacent to an activating group) is 1. The lowest BCUT2D eigenvalue weighted by Crippen LogP contribution is -2.41. The normalized spacial score (nSPS) is 15.7. The molecule has 0 spiro atoms. The number of rotatable bonds is 6. The van der Waals surface area contributed by atoms with Gasteiger partial charge in [-0.05, 0) is 32.9 Å². The van der Waals surface area contributed by atoms with Crippen molar-refractivity contribution in [2.45, 2.75) is 31.8 Å². The van der Waals surface area contributed by atoms with Crippen LogP contribution >= 0.6 is 22.9 Å². The molecule has 0 saturated heterocycles. The molecule has 1 aliphatic rings. The van der Waals surface area contributed by atoms with Crippen molar-refractivity contribution >= 4 is 28.8 Å². The lowest BCUT2D eigenvalue weighted by molar-refractivity contribution is 0.0935. The molecule has 1 saturated carbocycles. The van der Waals surface area contributed by atoms with E-state index in [0.717, 1.165) is 10.6 Å². The Balaban J connectivity index is 1.61. The molecule has 0 radical (unpaired) electrons. The van der Waals surface area contributed by atoms with Gasteiger partial charge in [-0.1, -0.05) is 29.8 Å². The molecule has 1 N–H and O–H groups in total. The first-order chi connectivity index (χ1) is 11.1. The molecule has 1 aromatic carbocycles. The van der Waals surface area contributed by atoms with E-state index < -0.39 is 0 Å². The highest BCUT2D eigenvalue weighted by molar-refractivity contribution is 7.13. The molecule has 2 aromatic rings. The van der Waals surface area contributed by atoms with Gasteiger partial charge in [-0.15, -0.1) is 11.3 Å². The third-order valence-electron chi connectivity index (χ3n) is 4.22. The van der Waals surface area contributed by atoms with Gasteiger partial charge >= 0.3 is 0 Å². The van der Waals surface area contributed by atoms with Crippen molar-refractivity contribution < 1.29 is 4.79 Å². The van der Waals surface area contributed by atoms with Gasteiger partial charge in [-0.2, -0.15) is 0 Å². The quantitative estimate of drug-likeness (QED) is 0.865. The molecule has 1 amide bonds. The third-order valence-corrected chi connectivity index (χ3v) is 5.42. The zero-order valence-electron chi connectivity index (χ0n) is 13.3. The number of halogens is 1. The maximum Gasteiger partial charge on any atom is 0.270 e. The molecule has 1 aromatic heterocycles. The second-order valence-corrected chi connectivity index (χ2v) is 7.24. The van der Waals surface area contributed by atoms with Gasteiger partial charge in [0, 0.05) is 29.6 Å². The molecule has 1 heterocycles. The molecule has 122 valence electrons. The summed E-state index contributed by atoms with van der Waals surface area (Å²) < 4.78 is 0. The summed E-state index contributed by atoms with van der Waals surface area (Å²) in [5, 5.41) is 6.17. The summed E-state index contributed by atoms with van der Waals surface area (Å²) in [6.45, 7) is 2.76. The number of benzene rings is 1. The van der Waals surface area contributed by atoms with Crippen LogP contribution in [0.2, 0.25) is 5.02 Å². The van der Waals surface area contributed by atoms with Crippen molar-refractivity contribution in [3.63, 3.8) is 0 Å². The molecule has 1 unspecified atom stereocenters. The highest BCUT2D eigenvalue weighted by Crippen LogP contribution is 2.30. The lowest BCUT2D eigenvalue weighted by Gasteiger charge is -2.24. The van der Waals surface area contributed by atoms with E-state index in [1.54, 1.807) is 5.38 Å². The lowest BCUT2D eigenvalue weighted by atomic mass is 10.2. The van der Waals surface area contributed by atoms with E-state index in [4.69, 9.17) is 11.6 Å². The molecule has 3 rings (SSSR count). The van der Waals surface area contributed by atoms with Crippen LogP contribution in [-0.2, 0) is 0 Å². The van der Waals surface area contributed by atoms with E-state index >= 15 is 0 Å². The number of thiazole rings is 1. The van der Waals surface area contributed by atoms with Gasteiger partial charge in [0.25, 0.3) is 5.91 Å². The van der Waals surface area contributed by atoms with Crippen LogP contribution in [0, 0.1) is 0 Å². The number of hydrogen-bond acceptors (Lipinski definition) is 4. The van der Waals surface area contributed by atoms with Crippen LogP contribution in [0.1, 0.15) is 30.3 Å². The van der Waals surface area contributed by atoms with Crippen LogP contribution in [0.5, 0.6) is 0 Å². The molecule has 23 heavy (non-hydrogen) atoms. The van der Waals surface area contributed by atoms with Gasteiger partial charge in [0.2, 0.25) is 0 Å². The topological polar surface area (TPSA) is 45.2 Å². The largest absolute Gasteiger partial charge is 0.349 e. The Hall–Kier alpha value is -1.43. The number of aromatic nitrogens is 1. The van der Waals surface area contributed by atoms with E-state index in [-0.39, 0.29) is 5.91 Å². The monoisotopic (exact) mass is 349 g/mol. The summed E-state index contributed by atoms with van der Waals surface area (Å²) >= 11 is 7.62. The van der Waals surface area contributed by atoms with Crippen LogP contribution in [0.25, 0.3) is 10.6 Å². The molecule has 1 fully saturated rings.